The zero-order chi connectivity index (χ0) is 23.9. The van der Waals surface area contributed by atoms with Gasteiger partial charge in [-0.25, -0.2) is 4.39 Å². The summed E-state index contributed by atoms with van der Waals surface area (Å²) in [6.45, 7) is 0.685. The van der Waals surface area contributed by atoms with Crippen LogP contribution < -0.4 is 9.47 Å². The van der Waals surface area contributed by atoms with Crippen molar-refractivity contribution in [1.82, 2.24) is 15.0 Å². The zero-order valence-electron chi connectivity index (χ0n) is 18.9. The minimum atomic E-state index is -0.457. The zero-order valence-corrected chi connectivity index (χ0v) is 18.9. The van der Waals surface area contributed by atoms with Gasteiger partial charge in [-0.3, -0.25) is 4.79 Å². The van der Waals surface area contributed by atoms with Crippen molar-refractivity contribution in [2.24, 2.45) is 0 Å². The molecule has 3 aromatic carbocycles. The van der Waals surface area contributed by atoms with Gasteiger partial charge in [-0.2, -0.15) is 4.98 Å². The molecule has 0 radical (unpaired) electrons. The first-order chi connectivity index (χ1) is 16.6. The number of hydrogen-bond acceptors (Lipinski definition) is 6. The Bertz CT molecular complexity index is 1260. The summed E-state index contributed by atoms with van der Waals surface area (Å²) in [7, 11) is 3.12. The minimum absolute atomic E-state index is 0.275. The minimum Gasteiger partial charge on any atom is -0.493 e. The maximum absolute atomic E-state index is 13.7. The summed E-state index contributed by atoms with van der Waals surface area (Å²) >= 11 is 0. The van der Waals surface area contributed by atoms with Gasteiger partial charge in [-0.05, 0) is 42.0 Å². The molecule has 7 nitrogen and oxygen atoms in total. The molecule has 8 heteroatoms. The molecule has 34 heavy (non-hydrogen) atoms. The lowest BCUT2D eigenvalue weighted by Gasteiger charge is -2.22. The van der Waals surface area contributed by atoms with Crippen molar-refractivity contribution in [3.8, 4) is 22.9 Å². The standard InChI is InChI=1S/C26H24FN3O4/c1-32-22-12-11-19(16-23(22)33-2)25-28-24(34-29-25)13-14-30(17-18-7-4-3-5-8-18)26(31)20-9-6-10-21(27)15-20/h3-12,15-16H,13-14,17H2,1-2H3. The van der Waals surface area contributed by atoms with E-state index in [1.165, 1.54) is 18.2 Å². The molecule has 0 atom stereocenters. The Labute approximate surface area is 196 Å². The smallest absolute Gasteiger partial charge is 0.254 e. The van der Waals surface area contributed by atoms with Crippen molar-refractivity contribution >= 4 is 5.91 Å². The molecule has 4 rings (SSSR count). The topological polar surface area (TPSA) is 77.7 Å². The third-order valence-corrected chi connectivity index (χ3v) is 5.28. The summed E-state index contributed by atoms with van der Waals surface area (Å²) in [4.78, 5) is 19.3. The van der Waals surface area contributed by atoms with E-state index in [1.807, 2.05) is 36.4 Å². The van der Waals surface area contributed by atoms with Gasteiger partial charge in [0.25, 0.3) is 5.91 Å². The summed E-state index contributed by atoms with van der Waals surface area (Å²) in [6, 6.07) is 20.6. The number of methoxy groups -OCH3 is 2. The monoisotopic (exact) mass is 461 g/mol. The first-order valence-corrected chi connectivity index (χ1v) is 10.7. The molecule has 0 saturated carbocycles. The maximum Gasteiger partial charge on any atom is 0.254 e. The lowest BCUT2D eigenvalue weighted by Crippen LogP contribution is -2.32. The number of carbonyl (C=O) groups excluding carboxylic acids is 1. The fraction of sp³-hybridized carbons (Fsp3) is 0.192. The number of halogens is 1. The number of amides is 1. The third kappa shape index (κ3) is 5.40. The van der Waals surface area contributed by atoms with Crippen LogP contribution >= 0.6 is 0 Å². The predicted octanol–water partition coefficient (Wildman–Crippen LogP) is 4.78. The summed E-state index contributed by atoms with van der Waals surface area (Å²) in [5.74, 6) is 1.21. The van der Waals surface area contributed by atoms with Crippen molar-refractivity contribution in [3.63, 3.8) is 0 Å². The third-order valence-electron chi connectivity index (χ3n) is 5.28. The number of aromatic nitrogens is 2. The average molecular weight is 461 g/mol. The van der Waals surface area contributed by atoms with Crippen molar-refractivity contribution in [1.29, 1.82) is 0 Å². The molecule has 0 aliphatic heterocycles. The van der Waals surface area contributed by atoms with Crippen LogP contribution in [-0.4, -0.2) is 41.7 Å². The molecular formula is C26H24FN3O4. The van der Waals surface area contributed by atoms with Crippen LogP contribution in [0.2, 0.25) is 0 Å². The van der Waals surface area contributed by atoms with Gasteiger partial charge in [0, 0.05) is 30.6 Å². The Kier molecular flexibility index (Phi) is 7.17. The van der Waals surface area contributed by atoms with Gasteiger partial charge in [0.2, 0.25) is 11.7 Å². The number of hydrogen-bond donors (Lipinski definition) is 0. The first kappa shape index (κ1) is 23.0. The fourth-order valence-electron chi connectivity index (χ4n) is 3.54. The molecule has 1 heterocycles. The van der Waals surface area contributed by atoms with Crippen molar-refractivity contribution < 1.29 is 23.2 Å². The molecule has 0 saturated heterocycles. The van der Waals surface area contributed by atoms with E-state index in [1.54, 1.807) is 37.3 Å². The van der Waals surface area contributed by atoms with E-state index >= 15 is 0 Å². The van der Waals surface area contributed by atoms with Gasteiger partial charge in [0.05, 0.1) is 14.2 Å². The molecule has 0 aliphatic carbocycles. The molecule has 0 unspecified atom stereocenters. The normalized spacial score (nSPS) is 10.7. The van der Waals surface area contributed by atoms with Crippen LogP contribution in [0.25, 0.3) is 11.4 Å². The average Bonchev–Trinajstić information content (AvgIpc) is 3.35. The predicted molar refractivity (Wildman–Crippen MR) is 124 cm³/mol. The molecular weight excluding hydrogens is 437 g/mol. The number of carbonyl (C=O) groups is 1. The Morgan fingerprint density at radius 3 is 2.50 bits per heavy atom. The van der Waals surface area contributed by atoms with Crippen LogP contribution in [0.4, 0.5) is 4.39 Å². The lowest BCUT2D eigenvalue weighted by molar-refractivity contribution is 0.0741. The number of ether oxygens (including phenoxy) is 2. The van der Waals surface area contributed by atoms with E-state index < -0.39 is 5.82 Å². The van der Waals surface area contributed by atoms with Crippen LogP contribution in [0.5, 0.6) is 11.5 Å². The summed E-state index contributed by atoms with van der Waals surface area (Å²) < 4.78 is 29.7. The Balaban J connectivity index is 1.51. The fourth-order valence-corrected chi connectivity index (χ4v) is 3.54. The lowest BCUT2D eigenvalue weighted by atomic mass is 10.1. The number of rotatable bonds is 9. The Morgan fingerprint density at radius 1 is 0.971 bits per heavy atom. The molecule has 174 valence electrons. The van der Waals surface area contributed by atoms with Gasteiger partial charge >= 0.3 is 0 Å². The van der Waals surface area contributed by atoms with Gasteiger partial charge in [0.15, 0.2) is 11.5 Å². The summed E-state index contributed by atoms with van der Waals surface area (Å²) in [5.41, 5.74) is 1.96. The molecule has 1 aromatic heterocycles. The van der Waals surface area contributed by atoms with Crippen LogP contribution in [0, 0.1) is 5.82 Å². The van der Waals surface area contributed by atoms with Gasteiger partial charge in [-0.15, -0.1) is 0 Å². The van der Waals surface area contributed by atoms with Crippen LogP contribution in [0.15, 0.2) is 77.3 Å². The molecule has 0 N–H and O–H groups in total. The van der Waals surface area contributed by atoms with E-state index in [0.29, 0.717) is 48.3 Å². The number of benzene rings is 3. The van der Waals surface area contributed by atoms with Crippen molar-refractivity contribution in [2.75, 3.05) is 20.8 Å². The van der Waals surface area contributed by atoms with Gasteiger partial charge in [0.1, 0.15) is 5.82 Å². The molecule has 1 amide bonds. The summed E-state index contributed by atoms with van der Waals surface area (Å²) in [6.07, 6.45) is 0.341. The molecule has 0 spiro atoms. The highest BCUT2D eigenvalue weighted by Crippen LogP contribution is 2.31. The second kappa shape index (κ2) is 10.6. The highest BCUT2D eigenvalue weighted by atomic mass is 19.1. The summed E-state index contributed by atoms with van der Waals surface area (Å²) in [5, 5.41) is 4.06. The molecule has 0 aliphatic rings. The SMILES string of the molecule is COc1ccc(-c2noc(CCN(Cc3ccccc3)C(=O)c3cccc(F)c3)n2)cc1OC. The van der Waals surface area contributed by atoms with Crippen molar-refractivity contribution in [3.05, 3.63) is 95.6 Å². The van der Waals surface area contributed by atoms with Gasteiger partial charge < -0.3 is 18.9 Å². The first-order valence-electron chi connectivity index (χ1n) is 10.7. The van der Waals surface area contributed by atoms with Crippen LogP contribution in [0.1, 0.15) is 21.8 Å². The second-order valence-electron chi connectivity index (χ2n) is 7.55. The van der Waals surface area contributed by atoms with Crippen molar-refractivity contribution in [2.45, 2.75) is 13.0 Å². The Hall–Kier alpha value is -4.20. The Morgan fingerprint density at radius 2 is 1.76 bits per heavy atom. The largest absolute Gasteiger partial charge is 0.493 e. The van der Waals surface area contributed by atoms with E-state index in [2.05, 4.69) is 10.1 Å². The van der Waals surface area contributed by atoms with E-state index in [-0.39, 0.29) is 11.5 Å². The van der Waals surface area contributed by atoms with E-state index in [4.69, 9.17) is 14.0 Å². The quantitative estimate of drug-likeness (QED) is 0.357. The molecule has 4 aromatic rings. The molecule has 0 fully saturated rings. The molecule has 0 bridgehead atoms. The van der Waals surface area contributed by atoms with E-state index in [0.717, 1.165) is 5.56 Å². The van der Waals surface area contributed by atoms with Crippen LogP contribution in [0.3, 0.4) is 0 Å². The van der Waals surface area contributed by atoms with Crippen LogP contribution in [-0.2, 0) is 13.0 Å². The highest BCUT2D eigenvalue weighted by Gasteiger charge is 2.19. The number of nitrogens with zero attached hydrogens (tertiary/aromatic N) is 3. The maximum atomic E-state index is 13.7. The van der Waals surface area contributed by atoms with Gasteiger partial charge in [-0.1, -0.05) is 41.6 Å². The highest BCUT2D eigenvalue weighted by molar-refractivity contribution is 5.94. The van der Waals surface area contributed by atoms with E-state index in [9.17, 15) is 9.18 Å². The second-order valence-corrected chi connectivity index (χ2v) is 7.55.